The number of aliphatic carboxylic acids is 1. The molecular formula is C12H19N3O2. The van der Waals surface area contributed by atoms with Gasteiger partial charge in [0.25, 0.3) is 0 Å². The summed E-state index contributed by atoms with van der Waals surface area (Å²) in [6.07, 6.45) is 9.61. The van der Waals surface area contributed by atoms with E-state index in [0.29, 0.717) is 5.92 Å². The first-order valence-corrected chi connectivity index (χ1v) is 6.17. The van der Waals surface area contributed by atoms with E-state index in [-0.39, 0.29) is 6.04 Å². The van der Waals surface area contributed by atoms with Crippen molar-refractivity contribution >= 4 is 5.97 Å². The summed E-state index contributed by atoms with van der Waals surface area (Å²) in [5.41, 5.74) is 0. The average Bonchev–Trinajstić information content (AvgIpc) is 2.82. The lowest BCUT2D eigenvalue weighted by Gasteiger charge is -2.27. The SMILES string of the molecule is O=C(O)C1CC(CCCn2ccnc2)CCN1. The van der Waals surface area contributed by atoms with Crippen LogP contribution in [0.25, 0.3) is 0 Å². The summed E-state index contributed by atoms with van der Waals surface area (Å²) in [7, 11) is 0. The van der Waals surface area contributed by atoms with Crippen molar-refractivity contribution in [2.24, 2.45) is 5.92 Å². The van der Waals surface area contributed by atoms with E-state index in [0.717, 1.165) is 38.8 Å². The van der Waals surface area contributed by atoms with Gasteiger partial charge in [-0.2, -0.15) is 0 Å². The Labute approximate surface area is 101 Å². The van der Waals surface area contributed by atoms with Crippen LogP contribution in [-0.2, 0) is 11.3 Å². The minimum absolute atomic E-state index is 0.345. The van der Waals surface area contributed by atoms with Gasteiger partial charge in [-0.05, 0) is 38.1 Å². The normalized spacial score (nSPS) is 24.7. The quantitative estimate of drug-likeness (QED) is 0.805. The molecule has 2 atom stereocenters. The van der Waals surface area contributed by atoms with Gasteiger partial charge in [-0.25, -0.2) is 4.98 Å². The summed E-state index contributed by atoms with van der Waals surface area (Å²) >= 11 is 0. The highest BCUT2D eigenvalue weighted by Crippen LogP contribution is 2.21. The largest absolute Gasteiger partial charge is 0.480 e. The van der Waals surface area contributed by atoms with E-state index < -0.39 is 5.97 Å². The number of hydrogen-bond donors (Lipinski definition) is 2. The van der Waals surface area contributed by atoms with Crippen LogP contribution in [-0.4, -0.2) is 33.2 Å². The van der Waals surface area contributed by atoms with Crippen LogP contribution in [0.4, 0.5) is 0 Å². The number of carboxylic acids is 1. The van der Waals surface area contributed by atoms with Gasteiger partial charge < -0.3 is 15.0 Å². The Balaban J connectivity index is 1.70. The molecule has 0 radical (unpaired) electrons. The fraction of sp³-hybridized carbons (Fsp3) is 0.667. The lowest BCUT2D eigenvalue weighted by molar-refractivity contribution is -0.140. The number of nitrogens with one attached hydrogen (secondary N) is 1. The molecular weight excluding hydrogens is 218 g/mol. The zero-order chi connectivity index (χ0) is 12.1. The maximum Gasteiger partial charge on any atom is 0.320 e. The van der Waals surface area contributed by atoms with Gasteiger partial charge in [0.2, 0.25) is 0 Å². The van der Waals surface area contributed by atoms with E-state index in [4.69, 9.17) is 5.11 Å². The Hall–Kier alpha value is -1.36. The highest BCUT2D eigenvalue weighted by molar-refractivity contribution is 5.73. The second kappa shape index (κ2) is 5.82. The molecule has 0 aromatic carbocycles. The number of aryl methyl sites for hydroxylation is 1. The van der Waals surface area contributed by atoms with Crippen molar-refractivity contribution in [3.05, 3.63) is 18.7 Å². The molecule has 2 rings (SSSR count). The van der Waals surface area contributed by atoms with Gasteiger partial charge in [0.05, 0.1) is 6.33 Å². The fourth-order valence-corrected chi connectivity index (χ4v) is 2.43. The van der Waals surface area contributed by atoms with E-state index in [1.165, 1.54) is 0 Å². The van der Waals surface area contributed by atoms with Crippen molar-refractivity contribution < 1.29 is 9.90 Å². The minimum atomic E-state index is -0.718. The van der Waals surface area contributed by atoms with E-state index in [2.05, 4.69) is 14.9 Å². The number of nitrogens with zero attached hydrogens (tertiary/aromatic N) is 2. The maximum atomic E-state index is 10.9. The van der Waals surface area contributed by atoms with Gasteiger partial charge >= 0.3 is 5.97 Å². The highest BCUT2D eigenvalue weighted by atomic mass is 16.4. The minimum Gasteiger partial charge on any atom is -0.480 e. The van der Waals surface area contributed by atoms with Crippen LogP contribution in [0.15, 0.2) is 18.7 Å². The molecule has 17 heavy (non-hydrogen) atoms. The molecule has 1 saturated heterocycles. The Morgan fingerprint density at radius 3 is 3.18 bits per heavy atom. The number of rotatable bonds is 5. The molecule has 1 fully saturated rings. The standard InChI is InChI=1S/C12H19N3O2/c16-12(17)11-8-10(3-4-14-11)2-1-6-15-7-5-13-9-15/h5,7,9-11,14H,1-4,6,8H2,(H,16,17). The zero-order valence-corrected chi connectivity index (χ0v) is 9.88. The summed E-state index contributed by atoms with van der Waals surface area (Å²) in [6.45, 7) is 1.80. The molecule has 94 valence electrons. The first-order chi connectivity index (χ1) is 8.25. The summed E-state index contributed by atoms with van der Waals surface area (Å²) in [4.78, 5) is 14.9. The third-order valence-corrected chi connectivity index (χ3v) is 3.40. The zero-order valence-electron chi connectivity index (χ0n) is 9.88. The summed E-state index contributed by atoms with van der Waals surface area (Å²) in [5, 5.41) is 12.0. The average molecular weight is 237 g/mol. The second-order valence-corrected chi connectivity index (χ2v) is 4.68. The van der Waals surface area contributed by atoms with Gasteiger partial charge in [-0.15, -0.1) is 0 Å². The second-order valence-electron chi connectivity index (χ2n) is 4.68. The Bertz CT molecular complexity index is 351. The molecule has 0 spiro atoms. The molecule has 5 nitrogen and oxygen atoms in total. The smallest absolute Gasteiger partial charge is 0.320 e. The number of imidazole rings is 1. The molecule has 1 aliphatic rings. The Morgan fingerprint density at radius 1 is 1.59 bits per heavy atom. The van der Waals surface area contributed by atoms with Crippen molar-refractivity contribution in [3.8, 4) is 0 Å². The van der Waals surface area contributed by atoms with Crippen LogP contribution in [0.2, 0.25) is 0 Å². The Kier molecular flexibility index (Phi) is 4.14. The third-order valence-electron chi connectivity index (χ3n) is 3.40. The lowest BCUT2D eigenvalue weighted by Crippen LogP contribution is -2.43. The maximum absolute atomic E-state index is 10.9. The predicted octanol–water partition coefficient (Wildman–Crippen LogP) is 1.12. The third kappa shape index (κ3) is 3.56. The van der Waals surface area contributed by atoms with Crippen molar-refractivity contribution in [2.75, 3.05) is 6.54 Å². The Morgan fingerprint density at radius 2 is 2.47 bits per heavy atom. The van der Waals surface area contributed by atoms with Gasteiger partial charge in [0, 0.05) is 18.9 Å². The van der Waals surface area contributed by atoms with Crippen LogP contribution in [0, 0.1) is 5.92 Å². The van der Waals surface area contributed by atoms with Gasteiger partial charge in [-0.1, -0.05) is 0 Å². The molecule has 1 aromatic rings. The number of aromatic nitrogens is 2. The topological polar surface area (TPSA) is 67.1 Å². The van der Waals surface area contributed by atoms with Crippen LogP contribution in [0.5, 0.6) is 0 Å². The van der Waals surface area contributed by atoms with Crippen LogP contribution >= 0.6 is 0 Å². The van der Waals surface area contributed by atoms with E-state index in [1.807, 2.05) is 12.5 Å². The number of carboxylic acid groups (broad SMARTS) is 1. The fourth-order valence-electron chi connectivity index (χ4n) is 2.43. The molecule has 0 amide bonds. The lowest BCUT2D eigenvalue weighted by atomic mass is 9.89. The number of piperidine rings is 1. The van der Waals surface area contributed by atoms with Gasteiger partial charge in [-0.3, -0.25) is 4.79 Å². The van der Waals surface area contributed by atoms with E-state index >= 15 is 0 Å². The molecule has 0 saturated carbocycles. The molecule has 5 heteroatoms. The number of carbonyl (C=O) groups is 1. The van der Waals surface area contributed by atoms with Crippen molar-refractivity contribution in [1.29, 1.82) is 0 Å². The first-order valence-electron chi connectivity index (χ1n) is 6.17. The van der Waals surface area contributed by atoms with Gasteiger partial charge in [0.1, 0.15) is 6.04 Å². The molecule has 1 aliphatic heterocycles. The highest BCUT2D eigenvalue weighted by Gasteiger charge is 2.25. The van der Waals surface area contributed by atoms with E-state index in [1.54, 1.807) is 6.20 Å². The van der Waals surface area contributed by atoms with E-state index in [9.17, 15) is 4.79 Å². The molecule has 1 aromatic heterocycles. The van der Waals surface area contributed by atoms with Crippen LogP contribution in [0.3, 0.4) is 0 Å². The summed E-state index contributed by atoms with van der Waals surface area (Å²) in [6, 6.07) is -0.345. The summed E-state index contributed by atoms with van der Waals surface area (Å²) in [5.74, 6) is -0.176. The predicted molar refractivity (Wildman–Crippen MR) is 63.6 cm³/mol. The van der Waals surface area contributed by atoms with Gasteiger partial charge in [0.15, 0.2) is 0 Å². The summed E-state index contributed by atoms with van der Waals surface area (Å²) < 4.78 is 2.07. The van der Waals surface area contributed by atoms with Crippen molar-refractivity contribution in [2.45, 2.75) is 38.3 Å². The van der Waals surface area contributed by atoms with Crippen LogP contribution in [0.1, 0.15) is 25.7 Å². The molecule has 2 N–H and O–H groups in total. The first kappa shape index (κ1) is 12.1. The molecule has 0 bridgehead atoms. The van der Waals surface area contributed by atoms with Crippen LogP contribution < -0.4 is 5.32 Å². The molecule has 0 aliphatic carbocycles. The van der Waals surface area contributed by atoms with Crippen molar-refractivity contribution in [3.63, 3.8) is 0 Å². The monoisotopic (exact) mass is 237 g/mol. The molecule has 2 heterocycles. The number of hydrogen-bond acceptors (Lipinski definition) is 3. The molecule has 2 unspecified atom stereocenters. The van der Waals surface area contributed by atoms with Crippen molar-refractivity contribution in [1.82, 2.24) is 14.9 Å².